The van der Waals surface area contributed by atoms with E-state index in [0.717, 1.165) is 0 Å². The van der Waals surface area contributed by atoms with Gasteiger partial charge in [0.25, 0.3) is 0 Å². The molecule has 0 fully saturated rings. The lowest BCUT2D eigenvalue weighted by Gasteiger charge is -2.35. The molecule has 0 aliphatic heterocycles. The summed E-state index contributed by atoms with van der Waals surface area (Å²) >= 11 is 0. The Bertz CT molecular complexity index is 444. The van der Waals surface area contributed by atoms with Gasteiger partial charge < -0.3 is 26.2 Å². The van der Waals surface area contributed by atoms with E-state index in [-0.39, 0.29) is 12.0 Å². The molecule has 1 aliphatic rings. The first-order valence-corrected chi connectivity index (χ1v) is 6.21. The third-order valence-corrected chi connectivity index (χ3v) is 3.26. The molecular weight excluding hydrogens is 266 g/mol. The maximum atomic E-state index is 12.2. The zero-order valence-electron chi connectivity index (χ0n) is 10.9. The Hall–Kier alpha value is -1.54. The topological polar surface area (TPSA) is 141 Å². The molecule has 6 N–H and O–H groups in total. The second-order valence-corrected chi connectivity index (χ2v) is 4.67. The van der Waals surface area contributed by atoms with Crippen molar-refractivity contribution in [2.75, 3.05) is 6.61 Å². The first-order valence-electron chi connectivity index (χ1n) is 6.21. The number of hydrogen-bond donors (Lipinski definition) is 5. The Morgan fingerprint density at radius 2 is 2.05 bits per heavy atom. The second-order valence-electron chi connectivity index (χ2n) is 4.67. The van der Waals surface area contributed by atoms with Gasteiger partial charge in [-0.15, -0.1) is 0 Å². The van der Waals surface area contributed by atoms with Crippen LogP contribution in [0.15, 0.2) is 23.8 Å². The Kier molecular flexibility index (Phi) is 5.58. The minimum atomic E-state index is -2.37. The highest BCUT2D eigenvalue weighted by Crippen LogP contribution is 2.30. The lowest BCUT2D eigenvalue weighted by Crippen LogP contribution is -2.58. The molecule has 0 radical (unpaired) electrons. The number of Topliss-reactive ketones (excluding diaryl/α,β-unsaturated/α-hetero) is 1. The number of allylic oxidation sites excluding steroid dienone is 3. The largest absolute Gasteiger partial charge is 0.481 e. The fraction of sp³-hybridized carbons (Fsp3) is 0.538. The van der Waals surface area contributed by atoms with Crippen LogP contribution in [0.4, 0.5) is 0 Å². The maximum Gasteiger partial charge on any atom is 0.305 e. The molecule has 0 bridgehead atoms. The molecule has 2 unspecified atom stereocenters. The van der Waals surface area contributed by atoms with Gasteiger partial charge in [0.2, 0.25) is 0 Å². The first kappa shape index (κ1) is 16.5. The van der Waals surface area contributed by atoms with Gasteiger partial charge in [-0.1, -0.05) is 18.2 Å². The molecular formula is C13H19NO6. The van der Waals surface area contributed by atoms with Crippen LogP contribution in [0.25, 0.3) is 0 Å². The van der Waals surface area contributed by atoms with Crippen LogP contribution in [0.2, 0.25) is 0 Å². The number of nitrogens with two attached hydrogens (primary N) is 1. The number of ketones is 1. The molecule has 3 atom stereocenters. The zero-order valence-corrected chi connectivity index (χ0v) is 10.9. The van der Waals surface area contributed by atoms with Gasteiger partial charge in [-0.05, 0) is 18.4 Å². The normalized spacial score (nSPS) is 20.7. The van der Waals surface area contributed by atoms with Crippen molar-refractivity contribution in [1.29, 1.82) is 0 Å². The number of aliphatic hydroxyl groups is 3. The molecule has 0 amide bonds. The van der Waals surface area contributed by atoms with E-state index in [2.05, 4.69) is 0 Å². The van der Waals surface area contributed by atoms with E-state index in [0.29, 0.717) is 6.42 Å². The number of carbonyl (C=O) groups excluding carboxylic acids is 1. The van der Waals surface area contributed by atoms with Crippen molar-refractivity contribution >= 4 is 11.8 Å². The van der Waals surface area contributed by atoms with Gasteiger partial charge in [0.15, 0.2) is 11.4 Å². The number of aliphatic hydroxyl groups excluding tert-OH is 2. The Labute approximate surface area is 116 Å². The highest BCUT2D eigenvalue weighted by molar-refractivity contribution is 5.97. The Morgan fingerprint density at radius 3 is 2.50 bits per heavy atom. The predicted octanol–water partition coefficient (Wildman–Crippen LogP) is -1.28. The van der Waals surface area contributed by atoms with E-state index < -0.39 is 42.5 Å². The van der Waals surface area contributed by atoms with Gasteiger partial charge in [-0.3, -0.25) is 9.59 Å². The number of carboxylic acid groups (broad SMARTS) is 1. The summed E-state index contributed by atoms with van der Waals surface area (Å²) in [6.45, 7) is -0.844. The van der Waals surface area contributed by atoms with E-state index in [9.17, 15) is 19.8 Å². The van der Waals surface area contributed by atoms with E-state index >= 15 is 0 Å². The number of carboxylic acids is 1. The predicted molar refractivity (Wildman–Crippen MR) is 69.7 cm³/mol. The van der Waals surface area contributed by atoms with E-state index in [1.165, 1.54) is 0 Å². The summed E-state index contributed by atoms with van der Waals surface area (Å²) in [4.78, 5) is 22.8. The van der Waals surface area contributed by atoms with Crippen molar-refractivity contribution in [3.8, 4) is 0 Å². The molecule has 1 rings (SSSR count). The summed E-state index contributed by atoms with van der Waals surface area (Å²) < 4.78 is 0. The van der Waals surface area contributed by atoms with Crippen LogP contribution in [0.1, 0.15) is 19.3 Å². The standard InChI is InChI=1S/C13H19NO6/c14-9(6-11(17)18)12(19)13(20,10(16)7-15)8-4-2-1-3-5-8/h1-2,5,9-10,15-16,20H,3-4,6-7,14H2,(H,17,18)/t9-,10?,13?/m0/s1. The molecule has 20 heavy (non-hydrogen) atoms. The summed E-state index contributed by atoms with van der Waals surface area (Å²) in [5.74, 6) is -2.30. The molecule has 7 nitrogen and oxygen atoms in total. The summed E-state index contributed by atoms with van der Waals surface area (Å²) in [5, 5.41) is 38.0. The average molecular weight is 285 g/mol. The van der Waals surface area contributed by atoms with Gasteiger partial charge in [-0.25, -0.2) is 0 Å². The van der Waals surface area contributed by atoms with Crippen LogP contribution in [-0.4, -0.2) is 56.5 Å². The molecule has 0 aromatic rings. The molecule has 112 valence electrons. The average Bonchev–Trinajstić information content (AvgIpc) is 2.44. The second kappa shape index (κ2) is 6.76. The fourth-order valence-electron chi connectivity index (χ4n) is 2.14. The Balaban J connectivity index is 3.08. The molecule has 0 aromatic heterocycles. The van der Waals surface area contributed by atoms with Gasteiger partial charge >= 0.3 is 5.97 Å². The SMILES string of the molecule is N[C@@H](CC(=O)O)C(=O)C(O)(C1=CCC=CC1)C(O)CO. The lowest BCUT2D eigenvalue weighted by atomic mass is 9.77. The third-order valence-electron chi connectivity index (χ3n) is 3.26. The molecule has 0 spiro atoms. The highest BCUT2D eigenvalue weighted by atomic mass is 16.4. The number of aliphatic carboxylic acids is 1. The molecule has 0 aromatic carbocycles. The highest BCUT2D eigenvalue weighted by Gasteiger charge is 2.48. The lowest BCUT2D eigenvalue weighted by molar-refractivity contribution is -0.151. The van der Waals surface area contributed by atoms with Gasteiger partial charge in [-0.2, -0.15) is 0 Å². The molecule has 0 saturated heterocycles. The molecule has 7 heteroatoms. The first-order chi connectivity index (χ1) is 9.33. The van der Waals surface area contributed by atoms with Crippen LogP contribution < -0.4 is 5.73 Å². The van der Waals surface area contributed by atoms with Crippen LogP contribution in [0.3, 0.4) is 0 Å². The number of hydrogen-bond acceptors (Lipinski definition) is 6. The van der Waals surface area contributed by atoms with Crippen LogP contribution >= 0.6 is 0 Å². The van der Waals surface area contributed by atoms with E-state index in [1.807, 2.05) is 6.08 Å². The van der Waals surface area contributed by atoms with Crippen molar-refractivity contribution in [3.63, 3.8) is 0 Å². The van der Waals surface area contributed by atoms with Crippen molar-refractivity contribution in [2.24, 2.45) is 5.73 Å². The van der Waals surface area contributed by atoms with Crippen molar-refractivity contribution in [1.82, 2.24) is 0 Å². The summed E-state index contributed by atoms with van der Waals surface area (Å²) in [5.41, 5.74) is 3.32. The van der Waals surface area contributed by atoms with Crippen LogP contribution in [-0.2, 0) is 9.59 Å². The summed E-state index contributed by atoms with van der Waals surface area (Å²) in [6, 6.07) is -1.47. The van der Waals surface area contributed by atoms with E-state index in [4.69, 9.17) is 15.9 Å². The summed E-state index contributed by atoms with van der Waals surface area (Å²) in [6.07, 6.45) is 3.35. The van der Waals surface area contributed by atoms with Crippen molar-refractivity contribution in [2.45, 2.75) is 37.0 Å². The summed E-state index contributed by atoms with van der Waals surface area (Å²) in [7, 11) is 0. The quantitative estimate of drug-likeness (QED) is 0.367. The minimum absolute atomic E-state index is 0.215. The van der Waals surface area contributed by atoms with Crippen molar-refractivity contribution < 1.29 is 30.0 Å². The number of carbonyl (C=O) groups is 2. The van der Waals surface area contributed by atoms with Gasteiger partial charge in [0.1, 0.15) is 6.10 Å². The van der Waals surface area contributed by atoms with Crippen LogP contribution in [0, 0.1) is 0 Å². The minimum Gasteiger partial charge on any atom is -0.481 e. The van der Waals surface area contributed by atoms with E-state index in [1.54, 1.807) is 12.2 Å². The van der Waals surface area contributed by atoms with Gasteiger partial charge in [0, 0.05) is 0 Å². The molecule has 0 saturated carbocycles. The van der Waals surface area contributed by atoms with Crippen LogP contribution in [0.5, 0.6) is 0 Å². The monoisotopic (exact) mass is 285 g/mol. The maximum absolute atomic E-state index is 12.2. The zero-order chi connectivity index (χ0) is 15.3. The molecule has 0 heterocycles. The third kappa shape index (κ3) is 3.31. The fourth-order valence-corrected chi connectivity index (χ4v) is 2.14. The van der Waals surface area contributed by atoms with Crippen molar-refractivity contribution in [3.05, 3.63) is 23.8 Å². The van der Waals surface area contributed by atoms with Gasteiger partial charge in [0.05, 0.1) is 19.1 Å². The Morgan fingerprint density at radius 1 is 1.40 bits per heavy atom. The number of rotatable bonds is 7. The smallest absolute Gasteiger partial charge is 0.305 e. The molecule has 1 aliphatic carbocycles.